The number of hydrogen-bond donors (Lipinski definition) is 1. The van der Waals surface area contributed by atoms with Crippen LogP contribution in [0, 0.1) is 19.3 Å². The first-order valence-electron chi connectivity index (χ1n) is 5.20. The fourth-order valence-corrected chi connectivity index (χ4v) is 1.53. The second kappa shape index (κ2) is 4.15. The molecule has 1 aromatic carbocycles. The number of hydrogen-bond acceptors (Lipinski definition) is 2. The highest BCUT2D eigenvalue weighted by molar-refractivity contribution is 6.01. The van der Waals surface area contributed by atoms with Gasteiger partial charge >= 0.3 is 0 Å². The fourth-order valence-electron chi connectivity index (χ4n) is 1.53. The van der Waals surface area contributed by atoms with E-state index in [4.69, 9.17) is 5.73 Å². The Morgan fingerprint density at radius 2 is 1.93 bits per heavy atom. The summed E-state index contributed by atoms with van der Waals surface area (Å²) in [5.74, 6) is 0.127. The van der Waals surface area contributed by atoms with Crippen LogP contribution in [0.2, 0.25) is 0 Å². The second-order valence-electron chi connectivity index (χ2n) is 4.74. The molecule has 0 aliphatic carbocycles. The average Bonchev–Trinajstić information content (AvgIpc) is 2.17. The number of carbonyl (C=O) groups excluding carboxylic acids is 1. The maximum Gasteiger partial charge on any atom is 0.169 e. The summed E-state index contributed by atoms with van der Waals surface area (Å²) in [6.07, 6.45) is 0. The number of benzene rings is 1. The van der Waals surface area contributed by atoms with Crippen LogP contribution in [0.1, 0.15) is 35.3 Å². The molecular formula is C13H19NO. The molecule has 1 aromatic rings. The third-order valence-corrected chi connectivity index (χ3v) is 2.75. The Morgan fingerprint density at radius 1 is 1.33 bits per heavy atom. The lowest BCUT2D eigenvalue weighted by molar-refractivity contribution is 0.0847. The van der Waals surface area contributed by atoms with Crippen molar-refractivity contribution >= 4 is 5.78 Å². The molecule has 0 aliphatic rings. The van der Waals surface area contributed by atoms with Gasteiger partial charge in [0.1, 0.15) is 0 Å². The number of Topliss-reactive ketones (excluding diaryl/α,β-unsaturated/α-hetero) is 1. The van der Waals surface area contributed by atoms with E-state index < -0.39 is 5.41 Å². The van der Waals surface area contributed by atoms with Crippen LogP contribution in [0.3, 0.4) is 0 Å². The largest absolute Gasteiger partial charge is 0.329 e. The van der Waals surface area contributed by atoms with Crippen LogP contribution in [0.15, 0.2) is 18.2 Å². The highest BCUT2D eigenvalue weighted by Gasteiger charge is 2.27. The molecule has 0 heterocycles. The highest BCUT2D eigenvalue weighted by Crippen LogP contribution is 2.23. The van der Waals surface area contributed by atoms with Gasteiger partial charge in [-0.2, -0.15) is 0 Å². The molecule has 0 bridgehead atoms. The van der Waals surface area contributed by atoms with Gasteiger partial charge in [-0.3, -0.25) is 4.79 Å². The Bertz CT molecular complexity index is 380. The van der Waals surface area contributed by atoms with Gasteiger partial charge in [-0.25, -0.2) is 0 Å². The van der Waals surface area contributed by atoms with Gasteiger partial charge in [-0.1, -0.05) is 37.6 Å². The maximum absolute atomic E-state index is 12.1. The van der Waals surface area contributed by atoms with Gasteiger partial charge in [0.25, 0.3) is 0 Å². The van der Waals surface area contributed by atoms with Crippen LogP contribution in [0.25, 0.3) is 0 Å². The van der Waals surface area contributed by atoms with Crippen LogP contribution >= 0.6 is 0 Å². The zero-order valence-electron chi connectivity index (χ0n) is 9.92. The van der Waals surface area contributed by atoms with Crippen molar-refractivity contribution in [2.75, 3.05) is 6.54 Å². The molecule has 0 fully saturated rings. The van der Waals surface area contributed by atoms with Gasteiger partial charge in [-0.15, -0.1) is 0 Å². The molecule has 0 saturated carbocycles. The molecule has 0 saturated heterocycles. The Morgan fingerprint density at radius 3 is 2.40 bits per heavy atom. The second-order valence-corrected chi connectivity index (χ2v) is 4.74. The van der Waals surface area contributed by atoms with E-state index in [2.05, 4.69) is 0 Å². The molecule has 0 radical (unpaired) electrons. The van der Waals surface area contributed by atoms with Crippen molar-refractivity contribution < 1.29 is 4.79 Å². The van der Waals surface area contributed by atoms with Gasteiger partial charge in [0.2, 0.25) is 0 Å². The summed E-state index contributed by atoms with van der Waals surface area (Å²) in [5, 5.41) is 0. The normalized spacial score (nSPS) is 11.5. The predicted octanol–water partition coefficient (Wildman–Crippen LogP) is 2.47. The third kappa shape index (κ3) is 2.45. The molecule has 82 valence electrons. The summed E-state index contributed by atoms with van der Waals surface area (Å²) in [5.41, 5.74) is 8.12. The number of ketones is 1. The summed E-state index contributed by atoms with van der Waals surface area (Å²) >= 11 is 0. The van der Waals surface area contributed by atoms with Gasteiger partial charge in [0.15, 0.2) is 5.78 Å². The lowest BCUT2D eigenvalue weighted by Crippen LogP contribution is -2.33. The molecule has 1 rings (SSSR count). The third-order valence-electron chi connectivity index (χ3n) is 2.75. The summed E-state index contributed by atoms with van der Waals surface area (Å²) in [4.78, 5) is 12.1. The first kappa shape index (κ1) is 11.9. The van der Waals surface area contributed by atoms with E-state index in [-0.39, 0.29) is 5.78 Å². The topological polar surface area (TPSA) is 43.1 Å². The number of aryl methyl sites for hydroxylation is 2. The first-order chi connectivity index (χ1) is 6.88. The van der Waals surface area contributed by atoms with Crippen molar-refractivity contribution in [3.05, 3.63) is 34.9 Å². The first-order valence-corrected chi connectivity index (χ1v) is 5.20. The molecule has 0 spiro atoms. The van der Waals surface area contributed by atoms with E-state index in [0.717, 1.165) is 11.1 Å². The van der Waals surface area contributed by atoms with Crippen molar-refractivity contribution in [3.63, 3.8) is 0 Å². The SMILES string of the molecule is Cc1ccc(C(=O)C(C)(C)CN)c(C)c1. The molecule has 15 heavy (non-hydrogen) atoms. The summed E-state index contributed by atoms with van der Waals surface area (Å²) < 4.78 is 0. The van der Waals surface area contributed by atoms with Crippen molar-refractivity contribution in [1.82, 2.24) is 0 Å². The van der Waals surface area contributed by atoms with Crippen LogP contribution in [-0.4, -0.2) is 12.3 Å². The lowest BCUT2D eigenvalue weighted by atomic mass is 9.83. The Labute approximate surface area is 91.5 Å². The van der Waals surface area contributed by atoms with Gasteiger partial charge in [0.05, 0.1) is 0 Å². The van der Waals surface area contributed by atoms with Crippen molar-refractivity contribution in [2.24, 2.45) is 11.1 Å². The van der Waals surface area contributed by atoms with E-state index in [1.54, 1.807) is 0 Å². The minimum atomic E-state index is -0.472. The van der Waals surface area contributed by atoms with Crippen LogP contribution in [-0.2, 0) is 0 Å². The highest BCUT2D eigenvalue weighted by atomic mass is 16.1. The van der Waals surface area contributed by atoms with Crippen molar-refractivity contribution in [3.8, 4) is 0 Å². The van der Waals surface area contributed by atoms with Crippen molar-refractivity contribution in [1.29, 1.82) is 0 Å². The monoisotopic (exact) mass is 205 g/mol. The van der Waals surface area contributed by atoms with Gasteiger partial charge < -0.3 is 5.73 Å². The summed E-state index contributed by atoms with van der Waals surface area (Å²) in [6.45, 7) is 8.13. The quantitative estimate of drug-likeness (QED) is 0.770. The smallest absolute Gasteiger partial charge is 0.169 e. The molecule has 0 aromatic heterocycles. The van der Waals surface area contributed by atoms with E-state index in [1.165, 1.54) is 5.56 Å². The van der Waals surface area contributed by atoms with Crippen LogP contribution < -0.4 is 5.73 Å². The van der Waals surface area contributed by atoms with Crippen molar-refractivity contribution in [2.45, 2.75) is 27.7 Å². The van der Waals surface area contributed by atoms with E-state index in [1.807, 2.05) is 45.9 Å². The van der Waals surface area contributed by atoms with Crippen LogP contribution in [0.5, 0.6) is 0 Å². The molecule has 0 amide bonds. The van der Waals surface area contributed by atoms with Gasteiger partial charge in [-0.05, 0) is 19.4 Å². The van der Waals surface area contributed by atoms with E-state index >= 15 is 0 Å². The molecule has 0 atom stereocenters. The molecule has 2 N–H and O–H groups in total. The number of nitrogens with two attached hydrogens (primary N) is 1. The minimum Gasteiger partial charge on any atom is -0.329 e. The molecule has 2 nitrogen and oxygen atoms in total. The fraction of sp³-hybridized carbons (Fsp3) is 0.462. The predicted molar refractivity (Wildman–Crippen MR) is 63.1 cm³/mol. The molecule has 2 heteroatoms. The minimum absolute atomic E-state index is 0.127. The number of rotatable bonds is 3. The molecular weight excluding hydrogens is 186 g/mol. The average molecular weight is 205 g/mol. The standard InChI is InChI=1S/C13H19NO/c1-9-5-6-11(10(2)7-9)12(15)13(3,4)8-14/h5-7H,8,14H2,1-4H3. The Hall–Kier alpha value is -1.15. The number of carbonyl (C=O) groups is 1. The van der Waals surface area contributed by atoms with E-state index in [0.29, 0.717) is 6.54 Å². The van der Waals surface area contributed by atoms with Crippen LogP contribution in [0.4, 0.5) is 0 Å². The zero-order chi connectivity index (χ0) is 11.6. The molecule has 0 unspecified atom stereocenters. The Balaban J connectivity index is 3.12. The Kier molecular flexibility index (Phi) is 3.30. The van der Waals surface area contributed by atoms with Gasteiger partial charge in [0, 0.05) is 17.5 Å². The molecule has 0 aliphatic heterocycles. The summed E-state index contributed by atoms with van der Waals surface area (Å²) in [6, 6.07) is 5.89. The zero-order valence-corrected chi connectivity index (χ0v) is 9.92. The summed E-state index contributed by atoms with van der Waals surface area (Å²) in [7, 11) is 0. The van der Waals surface area contributed by atoms with E-state index in [9.17, 15) is 4.79 Å². The lowest BCUT2D eigenvalue weighted by Gasteiger charge is -2.21. The maximum atomic E-state index is 12.1.